The summed E-state index contributed by atoms with van der Waals surface area (Å²) in [4.78, 5) is 4.23. The SMILES string of the molecule is CNC1=NC=C(NCc2ccccc2)C1. The van der Waals surface area contributed by atoms with Gasteiger partial charge in [0.15, 0.2) is 0 Å². The Morgan fingerprint density at radius 3 is 2.73 bits per heavy atom. The zero-order chi connectivity index (χ0) is 10.5. The Hall–Kier alpha value is -1.77. The van der Waals surface area contributed by atoms with E-state index >= 15 is 0 Å². The first kappa shape index (κ1) is 9.77. The molecule has 0 aliphatic carbocycles. The van der Waals surface area contributed by atoms with Crippen molar-refractivity contribution in [1.29, 1.82) is 0 Å². The Kier molecular flexibility index (Phi) is 3.02. The van der Waals surface area contributed by atoms with E-state index in [1.165, 1.54) is 11.3 Å². The van der Waals surface area contributed by atoms with Crippen molar-refractivity contribution in [1.82, 2.24) is 10.6 Å². The van der Waals surface area contributed by atoms with Gasteiger partial charge in [0.1, 0.15) is 5.84 Å². The molecule has 0 fully saturated rings. The number of aliphatic imine (C=N–C) groups is 1. The van der Waals surface area contributed by atoms with Gasteiger partial charge >= 0.3 is 0 Å². The Morgan fingerprint density at radius 2 is 2.07 bits per heavy atom. The fraction of sp³-hybridized carbons (Fsp3) is 0.250. The largest absolute Gasteiger partial charge is 0.383 e. The van der Waals surface area contributed by atoms with E-state index in [9.17, 15) is 0 Å². The third kappa shape index (κ3) is 2.59. The minimum atomic E-state index is 0.860. The first-order valence-electron chi connectivity index (χ1n) is 5.10. The third-order valence-corrected chi connectivity index (χ3v) is 2.39. The molecule has 0 spiro atoms. The highest BCUT2D eigenvalue weighted by Gasteiger charge is 2.07. The molecule has 1 aliphatic rings. The number of hydrogen-bond acceptors (Lipinski definition) is 3. The summed E-state index contributed by atoms with van der Waals surface area (Å²) < 4.78 is 0. The fourth-order valence-electron chi connectivity index (χ4n) is 1.50. The summed E-state index contributed by atoms with van der Waals surface area (Å²) in [6.45, 7) is 0.860. The van der Waals surface area contributed by atoms with Crippen molar-refractivity contribution in [3.63, 3.8) is 0 Å². The van der Waals surface area contributed by atoms with Crippen molar-refractivity contribution in [3.8, 4) is 0 Å². The molecule has 0 radical (unpaired) electrons. The lowest BCUT2D eigenvalue weighted by Crippen LogP contribution is -2.19. The van der Waals surface area contributed by atoms with Crippen LogP contribution >= 0.6 is 0 Å². The molecule has 0 unspecified atom stereocenters. The summed E-state index contributed by atoms with van der Waals surface area (Å²) in [6.07, 6.45) is 2.76. The smallest absolute Gasteiger partial charge is 0.107 e. The Labute approximate surface area is 89.9 Å². The van der Waals surface area contributed by atoms with Gasteiger partial charge in [-0.2, -0.15) is 0 Å². The van der Waals surface area contributed by atoms with Crippen molar-refractivity contribution >= 4 is 5.84 Å². The number of rotatable bonds is 3. The van der Waals surface area contributed by atoms with Crippen molar-refractivity contribution in [2.24, 2.45) is 4.99 Å². The molecule has 2 N–H and O–H groups in total. The molecule has 15 heavy (non-hydrogen) atoms. The van der Waals surface area contributed by atoms with Crippen molar-refractivity contribution < 1.29 is 0 Å². The van der Waals surface area contributed by atoms with Gasteiger partial charge in [0.2, 0.25) is 0 Å². The molecule has 2 rings (SSSR count). The second-order valence-corrected chi connectivity index (χ2v) is 3.50. The Balaban J connectivity index is 1.82. The summed E-state index contributed by atoms with van der Waals surface area (Å²) in [7, 11) is 1.90. The highest BCUT2D eigenvalue weighted by Crippen LogP contribution is 2.08. The van der Waals surface area contributed by atoms with Gasteiger partial charge in [-0.25, -0.2) is 4.99 Å². The monoisotopic (exact) mass is 201 g/mol. The van der Waals surface area contributed by atoms with Crippen molar-refractivity contribution in [2.45, 2.75) is 13.0 Å². The second-order valence-electron chi connectivity index (χ2n) is 3.50. The van der Waals surface area contributed by atoms with E-state index in [0.717, 1.165) is 18.8 Å². The number of hydrogen-bond donors (Lipinski definition) is 2. The molecule has 78 valence electrons. The van der Waals surface area contributed by atoms with E-state index in [1.54, 1.807) is 0 Å². The molecule has 0 atom stereocenters. The van der Waals surface area contributed by atoms with Gasteiger partial charge in [0.05, 0.1) is 0 Å². The Bertz CT molecular complexity index is 379. The van der Waals surface area contributed by atoms with E-state index in [4.69, 9.17) is 0 Å². The molecule has 1 aromatic rings. The quantitative estimate of drug-likeness (QED) is 0.780. The van der Waals surface area contributed by atoms with E-state index in [2.05, 4.69) is 39.9 Å². The van der Waals surface area contributed by atoms with Crippen LogP contribution in [0.1, 0.15) is 12.0 Å². The predicted octanol–water partition coefficient (Wildman–Crippen LogP) is 1.64. The molecule has 0 bridgehead atoms. The number of amidine groups is 1. The van der Waals surface area contributed by atoms with Gasteiger partial charge in [-0.3, -0.25) is 0 Å². The molecule has 0 aromatic heterocycles. The van der Waals surface area contributed by atoms with Crippen LogP contribution in [0.4, 0.5) is 0 Å². The maximum absolute atomic E-state index is 4.23. The van der Waals surface area contributed by atoms with Crippen LogP contribution < -0.4 is 10.6 Å². The van der Waals surface area contributed by atoms with Crippen LogP contribution in [0.3, 0.4) is 0 Å². The molecule has 3 heteroatoms. The first-order chi connectivity index (χ1) is 7.38. The molecular formula is C12H15N3. The van der Waals surface area contributed by atoms with E-state index in [0.29, 0.717) is 0 Å². The first-order valence-corrected chi connectivity index (χ1v) is 5.10. The second kappa shape index (κ2) is 4.64. The summed E-state index contributed by atoms with van der Waals surface area (Å²) in [5, 5.41) is 6.42. The third-order valence-electron chi connectivity index (χ3n) is 2.39. The van der Waals surface area contributed by atoms with Gasteiger partial charge < -0.3 is 10.6 Å². The average molecular weight is 201 g/mol. The van der Waals surface area contributed by atoms with Crippen LogP contribution in [0.15, 0.2) is 47.2 Å². The lowest BCUT2D eigenvalue weighted by molar-refractivity contribution is 0.797. The Morgan fingerprint density at radius 1 is 1.27 bits per heavy atom. The average Bonchev–Trinajstić information content (AvgIpc) is 2.76. The van der Waals surface area contributed by atoms with Crippen molar-refractivity contribution in [3.05, 3.63) is 47.8 Å². The normalized spacial score (nSPS) is 14.5. The van der Waals surface area contributed by atoms with Gasteiger partial charge in [-0.1, -0.05) is 30.3 Å². The predicted molar refractivity (Wildman–Crippen MR) is 62.5 cm³/mol. The van der Waals surface area contributed by atoms with Crippen LogP contribution in [-0.2, 0) is 6.54 Å². The maximum atomic E-state index is 4.23. The van der Waals surface area contributed by atoms with Crippen LogP contribution in [-0.4, -0.2) is 12.9 Å². The number of nitrogens with one attached hydrogen (secondary N) is 2. The topological polar surface area (TPSA) is 36.4 Å². The fourth-order valence-corrected chi connectivity index (χ4v) is 1.50. The molecule has 1 aromatic carbocycles. The maximum Gasteiger partial charge on any atom is 0.107 e. The van der Waals surface area contributed by atoms with Gasteiger partial charge in [0.25, 0.3) is 0 Å². The van der Waals surface area contributed by atoms with Gasteiger partial charge in [-0.05, 0) is 5.56 Å². The summed E-state index contributed by atoms with van der Waals surface area (Å²) in [5.41, 5.74) is 2.46. The summed E-state index contributed by atoms with van der Waals surface area (Å²) in [5.74, 6) is 1.02. The van der Waals surface area contributed by atoms with Crippen LogP contribution in [0.25, 0.3) is 0 Å². The highest BCUT2D eigenvalue weighted by atomic mass is 15.0. The lowest BCUT2D eigenvalue weighted by Gasteiger charge is -2.07. The van der Waals surface area contributed by atoms with E-state index in [-0.39, 0.29) is 0 Å². The molecule has 0 amide bonds. The molecule has 0 saturated heterocycles. The number of nitrogens with zero attached hydrogens (tertiary/aromatic N) is 1. The van der Waals surface area contributed by atoms with E-state index < -0.39 is 0 Å². The molecule has 3 nitrogen and oxygen atoms in total. The van der Waals surface area contributed by atoms with Gasteiger partial charge in [-0.15, -0.1) is 0 Å². The minimum absolute atomic E-state index is 0.860. The van der Waals surface area contributed by atoms with Crippen LogP contribution in [0.2, 0.25) is 0 Å². The number of benzene rings is 1. The highest BCUT2D eigenvalue weighted by molar-refractivity contribution is 5.86. The van der Waals surface area contributed by atoms with Crippen LogP contribution in [0, 0.1) is 0 Å². The molecular weight excluding hydrogens is 186 g/mol. The van der Waals surface area contributed by atoms with Crippen molar-refractivity contribution in [2.75, 3.05) is 7.05 Å². The van der Waals surface area contributed by atoms with Crippen LogP contribution in [0.5, 0.6) is 0 Å². The minimum Gasteiger partial charge on any atom is -0.383 e. The summed E-state index contributed by atoms with van der Waals surface area (Å²) >= 11 is 0. The summed E-state index contributed by atoms with van der Waals surface area (Å²) in [6, 6.07) is 10.4. The molecule has 1 aliphatic heterocycles. The lowest BCUT2D eigenvalue weighted by atomic mass is 10.2. The molecule has 1 heterocycles. The zero-order valence-corrected chi connectivity index (χ0v) is 8.83. The zero-order valence-electron chi connectivity index (χ0n) is 8.83. The molecule has 0 saturated carbocycles. The van der Waals surface area contributed by atoms with E-state index in [1.807, 2.05) is 19.3 Å². The van der Waals surface area contributed by atoms with Gasteiger partial charge in [0, 0.05) is 31.9 Å². The standard InChI is InChI=1S/C12H15N3/c1-13-12-7-11(9-15-12)14-8-10-5-3-2-4-6-10/h2-6,9,14H,7-8H2,1H3,(H,13,15).